The van der Waals surface area contributed by atoms with Crippen LogP contribution in [0, 0.1) is 0 Å². The highest BCUT2D eigenvalue weighted by Gasteiger charge is 2.35. The van der Waals surface area contributed by atoms with Crippen LogP contribution in [-0.4, -0.2) is 23.1 Å². The summed E-state index contributed by atoms with van der Waals surface area (Å²) < 4.78 is 0. The van der Waals surface area contributed by atoms with Gasteiger partial charge in [-0.15, -0.1) is 11.6 Å². The molecule has 0 atom stereocenters. The SMILES string of the molecule is CCC(CC)(NC(=O)c1cc(Cl)cc(Cl)c1)C(=O)CCl. The van der Waals surface area contributed by atoms with Crippen LogP contribution in [-0.2, 0) is 4.79 Å². The Bertz CT molecular complexity index is 493. The van der Waals surface area contributed by atoms with Crippen molar-refractivity contribution in [1.82, 2.24) is 5.32 Å². The molecule has 0 saturated carbocycles. The molecule has 1 aromatic carbocycles. The lowest BCUT2D eigenvalue weighted by Gasteiger charge is -2.30. The molecule has 1 rings (SSSR count). The van der Waals surface area contributed by atoms with Crippen molar-refractivity contribution < 1.29 is 9.59 Å². The van der Waals surface area contributed by atoms with Gasteiger partial charge in [0.1, 0.15) is 0 Å². The number of amides is 1. The van der Waals surface area contributed by atoms with Gasteiger partial charge < -0.3 is 5.32 Å². The van der Waals surface area contributed by atoms with E-state index >= 15 is 0 Å². The van der Waals surface area contributed by atoms with Gasteiger partial charge in [-0.2, -0.15) is 0 Å². The minimum atomic E-state index is -0.951. The molecule has 20 heavy (non-hydrogen) atoms. The van der Waals surface area contributed by atoms with E-state index in [4.69, 9.17) is 34.8 Å². The summed E-state index contributed by atoms with van der Waals surface area (Å²) in [5.41, 5.74) is -0.635. The summed E-state index contributed by atoms with van der Waals surface area (Å²) >= 11 is 17.4. The van der Waals surface area contributed by atoms with Gasteiger partial charge in [-0.25, -0.2) is 0 Å². The molecular weight excluding hydrogens is 321 g/mol. The third kappa shape index (κ3) is 3.87. The number of alkyl halides is 1. The molecule has 0 aliphatic carbocycles. The standard InChI is InChI=1S/C14H16Cl3NO2/c1-3-14(4-2,12(19)8-15)18-13(20)9-5-10(16)7-11(17)6-9/h5-7H,3-4,8H2,1-2H3,(H,18,20). The van der Waals surface area contributed by atoms with E-state index in [2.05, 4.69) is 5.32 Å². The van der Waals surface area contributed by atoms with E-state index in [1.807, 2.05) is 13.8 Å². The Morgan fingerprint density at radius 2 is 1.60 bits per heavy atom. The molecule has 0 radical (unpaired) electrons. The van der Waals surface area contributed by atoms with Crippen molar-refractivity contribution in [3.05, 3.63) is 33.8 Å². The Morgan fingerprint density at radius 3 is 2.00 bits per heavy atom. The third-order valence-corrected chi connectivity index (χ3v) is 4.02. The van der Waals surface area contributed by atoms with Crippen LogP contribution in [0.1, 0.15) is 37.0 Å². The fraction of sp³-hybridized carbons (Fsp3) is 0.429. The number of ketones is 1. The second kappa shape index (κ2) is 7.30. The summed E-state index contributed by atoms with van der Waals surface area (Å²) in [6.45, 7) is 3.67. The van der Waals surface area contributed by atoms with Gasteiger partial charge in [-0.1, -0.05) is 37.0 Å². The van der Waals surface area contributed by atoms with Gasteiger partial charge in [0, 0.05) is 15.6 Å². The zero-order chi connectivity index (χ0) is 15.3. The Morgan fingerprint density at radius 1 is 1.10 bits per heavy atom. The monoisotopic (exact) mass is 335 g/mol. The van der Waals surface area contributed by atoms with Gasteiger partial charge in [-0.05, 0) is 31.0 Å². The summed E-state index contributed by atoms with van der Waals surface area (Å²) in [4.78, 5) is 24.3. The number of hydrogen-bond donors (Lipinski definition) is 1. The van der Waals surface area contributed by atoms with E-state index in [1.165, 1.54) is 18.2 Å². The van der Waals surface area contributed by atoms with Crippen molar-refractivity contribution in [1.29, 1.82) is 0 Å². The normalized spacial score (nSPS) is 11.2. The van der Waals surface area contributed by atoms with Crippen molar-refractivity contribution in [2.75, 3.05) is 5.88 Å². The van der Waals surface area contributed by atoms with Crippen molar-refractivity contribution in [3.63, 3.8) is 0 Å². The Balaban J connectivity index is 3.05. The van der Waals surface area contributed by atoms with Crippen LogP contribution in [0.4, 0.5) is 0 Å². The molecule has 6 heteroatoms. The van der Waals surface area contributed by atoms with Gasteiger partial charge in [0.2, 0.25) is 0 Å². The van der Waals surface area contributed by atoms with Gasteiger partial charge >= 0.3 is 0 Å². The van der Waals surface area contributed by atoms with Crippen LogP contribution in [0.2, 0.25) is 10.0 Å². The number of rotatable bonds is 6. The summed E-state index contributed by atoms with van der Waals surface area (Å²) in [5.74, 6) is -0.736. The highest BCUT2D eigenvalue weighted by atomic mass is 35.5. The minimum Gasteiger partial charge on any atom is -0.339 e. The summed E-state index contributed by atoms with van der Waals surface area (Å²) in [7, 11) is 0. The molecule has 0 saturated heterocycles. The second-order valence-corrected chi connectivity index (χ2v) is 5.60. The molecule has 0 fully saturated rings. The number of hydrogen-bond acceptors (Lipinski definition) is 2. The molecule has 1 amide bonds. The average molecular weight is 337 g/mol. The topological polar surface area (TPSA) is 46.2 Å². The van der Waals surface area contributed by atoms with E-state index in [-0.39, 0.29) is 11.7 Å². The van der Waals surface area contributed by atoms with Gasteiger partial charge in [-0.3, -0.25) is 9.59 Å². The summed E-state index contributed by atoms with van der Waals surface area (Å²) in [6, 6.07) is 4.55. The Hall–Kier alpha value is -0.770. The van der Waals surface area contributed by atoms with Crippen LogP contribution in [0.5, 0.6) is 0 Å². The van der Waals surface area contributed by atoms with Crippen LogP contribution >= 0.6 is 34.8 Å². The molecule has 0 aliphatic rings. The number of Topliss-reactive ketones (excluding diaryl/α,β-unsaturated/α-hetero) is 1. The Kier molecular flexibility index (Phi) is 6.31. The molecule has 3 nitrogen and oxygen atoms in total. The fourth-order valence-corrected chi connectivity index (χ4v) is 2.77. The lowest BCUT2D eigenvalue weighted by Crippen LogP contribution is -2.54. The summed E-state index contributed by atoms with van der Waals surface area (Å²) in [6.07, 6.45) is 0.935. The highest BCUT2D eigenvalue weighted by Crippen LogP contribution is 2.22. The molecule has 0 aliphatic heterocycles. The maximum atomic E-state index is 12.3. The number of carbonyl (C=O) groups is 2. The van der Waals surface area contributed by atoms with Crippen molar-refractivity contribution in [3.8, 4) is 0 Å². The molecular formula is C14H16Cl3NO2. The molecule has 0 heterocycles. The second-order valence-electron chi connectivity index (χ2n) is 4.46. The number of carbonyl (C=O) groups excluding carboxylic acids is 2. The first-order chi connectivity index (χ1) is 9.38. The molecule has 1 N–H and O–H groups in total. The third-order valence-electron chi connectivity index (χ3n) is 3.34. The summed E-state index contributed by atoms with van der Waals surface area (Å²) in [5, 5.41) is 3.49. The van der Waals surface area contributed by atoms with E-state index in [0.717, 1.165) is 0 Å². The highest BCUT2D eigenvalue weighted by molar-refractivity contribution is 6.35. The zero-order valence-electron chi connectivity index (χ0n) is 11.3. The quantitative estimate of drug-likeness (QED) is 0.795. The molecule has 0 unspecified atom stereocenters. The van der Waals surface area contributed by atoms with E-state index in [1.54, 1.807) is 0 Å². The Labute approximate surface area is 133 Å². The van der Waals surface area contributed by atoms with Gasteiger partial charge in [0.25, 0.3) is 5.91 Å². The van der Waals surface area contributed by atoms with Crippen LogP contribution in [0.3, 0.4) is 0 Å². The fourth-order valence-electron chi connectivity index (χ4n) is 1.99. The van der Waals surface area contributed by atoms with E-state index in [0.29, 0.717) is 28.5 Å². The van der Waals surface area contributed by atoms with Crippen molar-refractivity contribution in [2.45, 2.75) is 32.2 Å². The molecule has 110 valence electrons. The minimum absolute atomic E-state index is 0.141. The first kappa shape index (κ1) is 17.3. The van der Waals surface area contributed by atoms with E-state index < -0.39 is 11.4 Å². The molecule has 1 aromatic rings. The smallest absolute Gasteiger partial charge is 0.252 e. The number of benzene rings is 1. The predicted molar refractivity (Wildman–Crippen MR) is 83.0 cm³/mol. The largest absolute Gasteiger partial charge is 0.339 e. The maximum absolute atomic E-state index is 12.3. The predicted octanol–water partition coefficient (Wildman–Crippen LogP) is 4.09. The molecule has 0 spiro atoms. The van der Waals surface area contributed by atoms with Crippen molar-refractivity contribution >= 4 is 46.5 Å². The number of nitrogens with one attached hydrogen (secondary N) is 1. The van der Waals surface area contributed by atoms with Crippen LogP contribution in [0.15, 0.2) is 18.2 Å². The average Bonchev–Trinajstić information content (AvgIpc) is 2.42. The van der Waals surface area contributed by atoms with Gasteiger partial charge in [0.05, 0.1) is 11.4 Å². The lowest BCUT2D eigenvalue weighted by molar-refractivity contribution is -0.123. The van der Waals surface area contributed by atoms with Crippen LogP contribution < -0.4 is 5.32 Å². The number of halogens is 3. The zero-order valence-corrected chi connectivity index (χ0v) is 13.6. The molecule has 0 aromatic heterocycles. The molecule has 0 bridgehead atoms. The van der Waals surface area contributed by atoms with Crippen LogP contribution in [0.25, 0.3) is 0 Å². The lowest BCUT2D eigenvalue weighted by atomic mass is 9.88. The van der Waals surface area contributed by atoms with E-state index in [9.17, 15) is 9.59 Å². The first-order valence-corrected chi connectivity index (χ1v) is 7.55. The van der Waals surface area contributed by atoms with Gasteiger partial charge in [0.15, 0.2) is 5.78 Å². The first-order valence-electron chi connectivity index (χ1n) is 6.26. The van der Waals surface area contributed by atoms with Crippen molar-refractivity contribution in [2.24, 2.45) is 0 Å². The maximum Gasteiger partial charge on any atom is 0.252 e.